The van der Waals surface area contributed by atoms with Crippen molar-refractivity contribution in [2.24, 2.45) is 5.92 Å². The molecule has 6 rings (SSSR count). The summed E-state index contributed by atoms with van der Waals surface area (Å²) in [5, 5.41) is 3.72. The number of nitrogen functional groups attached to an aromatic ring is 1. The van der Waals surface area contributed by atoms with Gasteiger partial charge in [0, 0.05) is 30.4 Å². The fourth-order valence-corrected chi connectivity index (χ4v) is 6.07. The molecule has 5 nitrogen and oxygen atoms in total. The molecule has 0 aliphatic heterocycles. The molecule has 0 atom stereocenters. The molecule has 3 aromatic carbocycles. The van der Waals surface area contributed by atoms with E-state index in [1.165, 1.54) is 41.2 Å². The number of fused-ring (bicyclic) bond motifs is 4. The summed E-state index contributed by atoms with van der Waals surface area (Å²) in [4.78, 5) is 12.5. The zero-order chi connectivity index (χ0) is 27.9. The number of nitrogens with two attached hydrogens (primary N) is 1. The molecule has 1 aliphatic rings. The summed E-state index contributed by atoms with van der Waals surface area (Å²) in [6.07, 6.45) is 7.27. The standard InChI is InChI=1S/C35H43N5/c1-5-6-15-31-38-32-33(29-13-9-10-14-30(29)37-34(32)36)40(31)23-27-21-25(20-26-11-7-8-12-28(26)27)22-39(35(2,3)4)19-18-24-16-17-24/h7-14,20-21,24H,5-6,15-19,22-23H2,1-4H3,(H2,36,37). The Bertz CT molecular complexity index is 1650. The van der Waals surface area contributed by atoms with E-state index in [4.69, 9.17) is 15.7 Å². The lowest BCUT2D eigenvalue weighted by Gasteiger charge is -2.36. The van der Waals surface area contributed by atoms with Gasteiger partial charge in [-0.15, -0.1) is 0 Å². The van der Waals surface area contributed by atoms with Gasteiger partial charge in [-0.3, -0.25) is 4.90 Å². The second kappa shape index (κ2) is 10.9. The van der Waals surface area contributed by atoms with E-state index in [1.54, 1.807) is 0 Å². The van der Waals surface area contributed by atoms with E-state index in [9.17, 15) is 0 Å². The summed E-state index contributed by atoms with van der Waals surface area (Å²) in [7, 11) is 0. The Kier molecular flexibility index (Phi) is 7.26. The molecule has 2 heterocycles. The largest absolute Gasteiger partial charge is 0.382 e. The third-order valence-corrected chi connectivity index (χ3v) is 8.61. The van der Waals surface area contributed by atoms with Gasteiger partial charge < -0.3 is 10.3 Å². The van der Waals surface area contributed by atoms with Crippen LogP contribution >= 0.6 is 0 Å². The Morgan fingerprint density at radius 3 is 2.48 bits per heavy atom. The lowest BCUT2D eigenvalue weighted by molar-refractivity contribution is 0.123. The first-order valence-electron chi connectivity index (χ1n) is 15.1. The Balaban J connectivity index is 1.46. The van der Waals surface area contributed by atoms with Gasteiger partial charge in [0.15, 0.2) is 5.82 Å². The lowest BCUT2D eigenvalue weighted by Crippen LogP contribution is -2.41. The number of hydrogen-bond donors (Lipinski definition) is 1. The predicted octanol–water partition coefficient (Wildman–Crippen LogP) is 8.11. The number of anilines is 1. The third kappa shape index (κ3) is 5.44. The van der Waals surface area contributed by atoms with Crippen LogP contribution in [0.25, 0.3) is 32.7 Å². The van der Waals surface area contributed by atoms with Crippen LogP contribution in [0, 0.1) is 5.92 Å². The molecule has 2 N–H and O–H groups in total. The first-order chi connectivity index (χ1) is 19.3. The Morgan fingerprint density at radius 2 is 1.73 bits per heavy atom. The Hall–Kier alpha value is -3.44. The van der Waals surface area contributed by atoms with Crippen molar-refractivity contribution in [3.05, 3.63) is 77.6 Å². The molecule has 40 heavy (non-hydrogen) atoms. The predicted molar refractivity (Wildman–Crippen MR) is 169 cm³/mol. The first-order valence-corrected chi connectivity index (χ1v) is 15.1. The van der Waals surface area contributed by atoms with Gasteiger partial charge in [0.2, 0.25) is 0 Å². The van der Waals surface area contributed by atoms with E-state index >= 15 is 0 Å². The van der Waals surface area contributed by atoms with Gasteiger partial charge in [-0.05, 0) is 80.1 Å². The van der Waals surface area contributed by atoms with Crippen LogP contribution in [0.1, 0.15) is 76.8 Å². The number of benzene rings is 3. The maximum absolute atomic E-state index is 6.50. The van der Waals surface area contributed by atoms with Crippen LogP contribution in [0.3, 0.4) is 0 Å². The molecule has 1 saturated carbocycles. The molecule has 1 aliphatic carbocycles. The van der Waals surface area contributed by atoms with E-state index in [0.717, 1.165) is 72.6 Å². The average Bonchev–Trinajstić information content (AvgIpc) is 3.69. The van der Waals surface area contributed by atoms with Crippen molar-refractivity contribution in [1.82, 2.24) is 19.4 Å². The third-order valence-electron chi connectivity index (χ3n) is 8.61. The molecule has 0 radical (unpaired) electrons. The molecule has 0 spiro atoms. The number of unbranched alkanes of at least 4 members (excludes halogenated alkanes) is 1. The van der Waals surface area contributed by atoms with Crippen LogP contribution in [0.4, 0.5) is 5.82 Å². The summed E-state index contributed by atoms with van der Waals surface area (Å²) in [5.41, 5.74) is 12.2. The molecule has 5 aromatic rings. The second-order valence-electron chi connectivity index (χ2n) is 12.7. The Morgan fingerprint density at radius 1 is 0.975 bits per heavy atom. The topological polar surface area (TPSA) is 60.0 Å². The van der Waals surface area contributed by atoms with E-state index in [-0.39, 0.29) is 5.54 Å². The molecule has 5 heteroatoms. The minimum Gasteiger partial charge on any atom is -0.382 e. The highest BCUT2D eigenvalue weighted by molar-refractivity contribution is 6.06. The number of nitrogens with zero attached hydrogens (tertiary/aromatic N) is 4. The van der Waals surface area contributed by atoms with E-state index in [0.29, 0.717) is 5.82 Å². The van der Waals surface area contributed by atoms with E-state index in [1.807, 2.05) is 12.1 Å². The van der Waals surface area contributed by atoms with Gasteiger partial charge in [-0.2, -0.15) is 0 Å². The minimum atomic E-state index is 0.123. The van der Waals surface area contributed by atoms with Crippen LogP contribution in [0.5, 0.6) is 0 Å². The van der Waals surface area contributed by atoms with Crippen molar-refractivity contribution in [3.8, 4) is 0 Å². The van der Waals surface area contributed by atoms with Crippen molar-refractivity contribution in [3.63, 3.8) is 0 Å². The summed E-state index contributed by atoms with van der Waals surface area (Å²) in [6, 6.07) is 22.0. The Labute approximate surface area is 238 Å². The number of rotatable bonds is 10. The second-order valence-corrected chi connectivity index (χ2v) is 12.7. The molecular formula is C35H43N5. The number of hydrogen-bond acceptors (Lipinski definition) is 4. The van der Waals surface area contributed by atoms with Crippen LogP contribution < -0.4 is 5.73 Å². The quantitative estimate of drug-likeness (QED) is 0.197. The van der Waals surface area contributed by atoms with Crippen molar-refractivity contribution in [1.29, 1.82) is 0 Å². The highest BCUT2D eigenvalue weighted by Gasteiger charge is 2.27. The van der Waals surface area contributed by atoms with Crippen molar-refractivity contribution >= 4 is 38.5 Å². The zero-order valence-corrected chi connectivity index (χ0v) is 24.6. The molecular weight excluding hydrogens is 490 g/mol. The maximum atomic E-state index is 6.50. The van der Waals surface area contributed by atoms with E-state index in [2.05, 4.69) is 85.7 Å². The molecule has 0 saturated heterocycles. The SMILES string of the molecule is CCCCc1nc2c(N)nc3ccccc3c2n1Cc1cc(CN(CCC2CC2)C(C)(C)C)cc2ccccc12. The summed E-state index contributed by atoms with van der Waals surface area (Å²) >= 11 is 0. The highest BCUT2D eigenvalue weighted by atomic mass is 15.2. The number of imidazole rings is 1. The van der Waals surface area contributed by atoms with Crippen LogP contribution in [-0.2, 0) is 19.5 Å². The van der Waals surface area contributed by atoms with Gasteiger partial charge >= 0.3 is 0 Å². The van der Waals surface area contributed by atoms with Crippen molar-refractivity contribution in [2.45, 2.75) is 84.8 Å². The van der Waals surface area contributed by atoms with Crippen LogP contribution in [-0.4, -0.2) is 31.5 Å². The normalized spacial score (nSPS) is 14.2. The lowest BCUT2D eigenvalue weighted by atomic mass is 9.98. The van der Waals surface area contributed by atoms with Crippen LogP contribution in [0.15, 0.2) is 60.7 Å². The molecule has 0 bridgehead atoms. The monoisotopic (exact) mass is 533 g/mol. The average molecular weight is 534 g/mol. The number of aryl methyl sites for hydroxylation is 1. The summed E-state index contributed by atoms with van der Waals surface area (Å²) in [6.45, 7) is 12.2. The van der Waals surface area contributed by atoms with Gasteiger partial charge in [-0.25, -0.2) is 9.97 Å². The van der Waals surface area contributed by atoms with Crippen LogP contribution in [0.2, 0.25) is 0 Å². The van der Waals surface area contributed by atoms with Crippen molar-refractivity contribution < 1.29 is 0 Å². The smallest absolute Gasteiger partial charge is 0.152 e. The van der Waals surface area contributed by atoms with Gasteiger partial charge in [0.1, 0.15) is 11.3 Å². The van der Waals surface area contributed by atoms with Gasteiger partial charge in [0.05, 0.1) is 11.0 Å². The summed E-state index contributed by atoms with van der Waals surface area (Å²) in [5.74, 6) is 2.54. The highest BCUT2D eigenvalue weighted by Crippen LogP contribution is 2.34. The molecule has 1 fully saturated rings. The maximum Gasteiger partial charge on any atom is 0.152 e. The fraction of sp³-hybridized carbons (Fsp3) is 0.429. The van der Waals surface area contributed by atoms with Gasteiger partial charge in [-0.1, -0.05) is 74.7 Å². The molecule has 0 unspecified atom stereocenters. The number of para-hydroxylation sites is 1. The van der Waals surface area contributed by atoms with Crippen molar-refractivity contribution in [2.75, 3.05) is 12.3 Å². The van der Waals surface area contributed by atoms with E-state index < -0.39 is 0 Å². The number of aromatic nitrogens is 3. The van der Waals surface area contributed by atoms with Gasteiger partial charge in [0.25, 0.3) is 0 Å². The molecule has 2 aromatic heterocycles. The zero-order valence-electron chi connectivity index (χ0n) is 24.6. The first kappa shape index (κ1) is 26.8. The fourth-order valence-electron chi connectivity index (χ4n) is 6.07. The summed E-state index contributed by atoms with van der Waals surface area (Å²) < 4.78 is 2.42. The molecule has 208 valence electrons. The minimum absolute atomic E-state index is 0.123. The molecule has 0 amide bonds. The number of pyridine rings is 1.